The minimum atomic E-state index is 0.866. The number of hydrogen-bond acceptors (Lipinski definition) is 0. The van der Waals surface area contributed by atoms with Gasteiger partial charge in [0.15, 0.2) is 0 Å². The van der Waals surface area contributed by atoms with Gasteiger partial charge in [-0.2, -0.15) is 0 Å². The highest BCUT2D eigenvalue weighted by Crippen LogP contribution is 1.74. The van der Waals surface area contributed by atoms with E-state index in [4.69, 9.17) is 0 Å². The van der Waals surface area contributed by atoms with E-state index in [0.717, 1.165) is 12.9 Å². The lowest BCUT2D eigenvalue weighted by Gasteiger charge is -2.02. The predicted octanol–water partition coefficient (Wildman–Crippen LogP) is -3.57. The second kappa shape index (κ2) is 3.40. The van der Waals surface area contributed by atoms with Crippen molar-refractivity contribution in [2.75, 3.05) is 0 Å². The Bertz CT molecular complexity index is 41.4. The van der Waals surface area contributed by atoms with Crippen LogP contribution in [0.4, 0.5) is 0 Å². The van der Waals surface area contributed by atoms with Crippen LogP contribution in [0.1, 0.15) is 0 Å². The molecule has 0 spiro atoms. The van der Waals surface area contributed by atoms with Crippen LogP contribution in [0.2, 0.25) is 6.82 Å². The Balaban J connectivity index is 3.14. The third-order valence-electron chi connectivity index (χ3n) is 1.78. The molecule has 32 valence electrons. The summed E-state index contributed by atoms with van der Waals surface area (Å²) in [6, 6.07) is 0. The summed E-state index contributed by atoms with van der Waals surface area (Å²) in [5, 5.41) is 0. The maximum absolute atomic E-state index is 2.30. The van der Waals surface area contributed by atoms with Crippen LogP contribution in [0, 0.1) is 0 Å². The monoisotopic (exact) mass is 88.1 g/mol. The summed E-state index contributed by atoms with van der Waals surface area (Å²) in [6.45, 7) is 3.20. The van der Waals surface area contributed by atoms with E-state index in [9.17, 15) is 0 Å². The molecule has 0 saturated heterocycles. The summed E-state index contributed by atoms with van der Waals surface area (Å²) in [6.07, 6.45) is 0.866. The fraction of sp³-hybridized carbons (Fsp3) is 1.00. The molecule has 6 heteroatoms. The van der Waals surface area contributed by atoms with Gasteiger partial charge >= 0.3 is 0 Å². The predicted molar refractivity (Wildman–Crippen MR) is 50.2 cm³/mol. The van der Waals surface area contributed by atoms with Gasteiger partial charge in [-0.05, 0) is 0 Å². The van der Waals surface area contributed by atoms with E-state index >= 15 is 0 Å². The van der Waals surface area contributed by atoms with Gasteiger partial charge in [0.1, 0.15) is 0 Å². The van der Waals surface area contributed by atoms with Gasteiger partial charge in [-0.25, -0.2) is 0 Å². The Morgan fingerprint density at radius 1 is 1.43 bits per heavy atom. The molecular weight excluding hydrogens is 76.9 g/mol. The van der Waals surface area contributed by atoms with Crippen LogP contribution in [0.5, 0.6) is 0 Å². The third kappa shape index (κ3) is 3.02. The zero-order valence-corrected chi connectivity index (χ0v) is 5.86. The van der Waals surface area contributed by atoms with E-state index in [-0.39, 0.29) is 0 Å². The molecule has 7 heavy (non-hydrogen) atoms. The minimum absolute atomic E-state index is 0.866. The highest BCUT2D eigenvalue weighted by molar-refractivity contribution is 7.71. The first-order valence-electron chi connectivity index (χ1n) is 3.18. The number of rotatable bonds is 2. The SMILES string of the molecule is BBB(C)B(B)B. The van der Waals surface area contributed by atoms with Crippen LogP contribution in [0.25, 0.3) is 0 Å². The molecule has 0 N–H and O–H groups in total. The van der Waals surface area contributed by atoms with Crippen LogP contribution in [0.15, 0.2) is 0 Å². The summed E-state index contributed by atoms with van der Waals surface area (Å²) in [5.74, 6) is 0. The van der Waals surface area contributed by atoms with Crippen molar-refractivity contribution in [3.8, 4) is 0 Å². The van der Waals surface area contributed by atoms with Crippen molar-refractivity contribution in [2.24, 2.45) is 0 Å². The molecule has 0 aromatic carbocycles. The summed E-state index contributed by atoms with van der Waals surface area (Å²) < 4.78 is 0. The molecule has 0 aliphatic rings. The van der Waals surface area contributed by atoms with E-state index in [1.54, 1.807) is 0 Å². The Hall–Kier alpha value is 0.390. The van der Waals surface area contributed by atoms with Crippen molar-refractivity contribution in [1.82, 2.24) is 0 Å². The summed E-state index contributed by atoms with van der Waals surface area (Å²) in [7, 11) is 8.10. The topological polar surface area (TPSA) is 0 Å². The van der Waals surface area contributed by atoms with Gasteiger partial charge in [0.05, 0.1) is 23.2 Å². The van der Waals surface area contributed by atoms with Crippen molar-refractivity contribution < 1.29 is 0 Å². The van der Waals surface area contributed by atoms with Gasteiger partial charge in [-0.1, -0.05) is 0 Å². The van der Waals surface area contributed by atoms with Crippen molar-refractivity contribution in [3.05, 3.63) is 0 Å². The largest absolute Gasteiger partial charge is 0.101 e. The maximum atomic E-state index is 2.30. The second-order valence-corrected chi connectivity index (χ2v) is 2.63. The Morgan fingerprint density at radius 2 is 1.86 bits per heavy atom. The molecule has 0 bridgehead atoms. The molecule has 0 aliphatic carbocycles. The zero-order chi connectivity index (χ0) is 5.86. The van der Waals surface area contributed by atoms with E-state index in [1.807, 2.05) is 0 Å². The molecule has 0 saturated carbocycles. The first-order chi connectivity index (χ1) is 3.18. The lowest BCUT2D eigenvalue weighted by atomic mass is 8.82. The van der Waals surface area contributed by atoms with Gasteiger partial charge in [0, 0.05) is 19.9 Å². The maximum Gasteiger partial charge on any atom is 0.0601 e. The molecule has 0 rings (SSSR count). The smallest absolute Gasteiger partial charge is 0.0601 e. The Morgan fingerprint density at radius 3 is 1.86 bits per heavy atom. The van der Waals surface area contributed by atoms with Crippen molar-refractivity contribution in [2.45, 2.75) is 6.82 Å². The van der Waals surface area contributed by atoms with Crippen LogP contribution in [-0.4, -0.2) is 43.2 Å². The molecule has 0 atom stereocenters. The molecular formula is CH10B6. The average molecular weight is 87.0 g/mol. The van der Waals surface area contributed by atoms with Crippen LogP contribution < -0.4 is 0 Å². The standard InChI is InChI=1S/CH10B6/c1-6(5-2)7(3)4/h5H,2-4H2,1H3. The van der Waals surface area contributed by atoms with E-state index in [1.165, 1.54) is 7.06 Å². The van der Waals surface area contributed by atoms with Gasteiger partial charge < -0.3 is 0 Å². The molecule has 0 aromatic heterocycles. The molecule has 0 amide bonds. The van der Waals surface area contributed by atoms with Gasteiger partial charge in [0.25, 0.3) is 0 Å². The lowest BCUT2D eigenvalue weighted by molar-refractivity contribution is 2.33. The zero-order valence-electron chi connectivity index (χ0n) is 5.86. The number of hydrogen-bond donors (Lipinski definition) is 0. The average Bonchev–Trinajstić information content (AvgIpc) is 1.65. The minimum Gasteiger partial charge on any atom is -0.101 e. The summed E-state index contributed by atoms with van der Waals surface area (Å²) in [5.41, 5.74) is 0. The van der Waals surface area contributed by atoms with Gasteiger partial charge in [-0.15, -0.1) is 6.82 Å². The lowest BCUT2D eigenvalue weighted by Crippen LogP contribution is -2.40. The van der Waals surface area contributed by atoms with Gasteiger partial charge in [0.2, 0.25) is 0 Å². The Labute approximate surface area is 50.7 Å². The fourth-order valence-corrected chi connectivity index (χ4v) is 0.471. The highest BCUT2D eigenvalue weighted by atomic mass is 13.1. The van der Waals surface area contributed by atoms with E-state index < -0.39 is 0 Å². The molecule has 0 nitrogen and oxygen atoms in total. The quantitative estimate of drug-likeness (QED) is 0.305. The second-order valence-electron chi connectivity index (χ2n) is 2.63. The van der Waals surface area contributed by atoms with E-state index in [0.29, 0.717) is 0 Å². The van der Waals surface area contributed by atoms with Crippen molar-refractivity contribution >= 4 is 43.2 Å². The molecule has 0 unspecified atom stereocenters. The van der Waals surface area contributed by atoms with Crippen LogP contribution >= 0.6 is 0 Å². The summed E-state index contributed by atoms with van der Waals surface area (Å²) in [4.78, 5) is 0. The van der Waals surface area contributed by atoms with E-state index in [2.05, 4.69) is 30.0 Å². The molecule has 0 fully saturated rings. The molecule has 0 aromatic rings. The van der Waals surface area contributed by atoms with Crippen LogP contribution in [-0.2, 0) is 0 Å². The van der Waals surface area contributed by atoms with Crippen molar-refractivity contribution in [3.63, 3.8) is 0 Å². The van der Waals surface area contributed by atoms with Crippen molar-refractivity contribution in [1.29, 1.82) is 0 Å². The van der Waals surface area contributed by atoms with Crippen LogP contribution in [0.3, 0.4) is 0 Å². The summed E-state index contributed by atoms with van der Waals surface area (Å²) >= 11 is 0. The van der Waals surface area contributed by atoms with Gasteiger partial charge in [-0.3, -0.25) is 0 Å². The molecule has 0 aliphatic heterocycles. The Kier molecular flexibility index (Phi) is 3.59. The highest BCUT2D eigenvalue weighted by Gasteiger charge is 2.09. The normalized spacial score (nSPS) is 7.57. The fourth-order valence-electron chi connectivity index (χ4n) is 0.471. The first kappa shape index (κ1) is 7.39. The first-order valence-corrected chi connectivity index (χ1v) is 3.18. The molecule has 0 radical (unpaired) electrons. The third-order valence-corrected chi connectivity index (χ3v) is 1.78. The molecule has 0 heterocycles.